The molecule has 2 rings (SSSR count). The van der Waals surface area contributed by atoms with Gasteiger partial charge >= 0.3 is 5.97 Å². The second kappa shape index (κ2) is 7.25. The highest BCUT2D eigenvalue weighted by atomic mass is 16.5. The number of para-hydroxylation sites is 2. The lowest BCUT2D eigenvalue weighted by Gasteiger charge is -2.33. The fraction of sp³-hybridized carbons (Fsp3) is 0.316. The zero-order valence-electron chi connectivity index (χ0n) is 14.4. The Morgan fingerprint density at radius 3 is 2.25 bits per heavy atom. The molecule has 0 spiro atoms. The predicted molar refractivity (Wildman–Crippen MR) is 93.3 cm³/mol. The van der Waals surface area contributed by atoms with E-state index in [2.05, 4.69) is 5.32 Å². The van der Waals surface area contributed by atoms with Crippen LogP contribution in [-0.2, 0) is 9.53 Å². The predicted octanol–water partition coefficient (Wildman–Crippen LogP) is 3.75. The summed E-state index contributed by atoms with van der Waals surface area (Å²) in [5.74, 6) is 0.513. The van der Waals surface area contributed by atoms with Gasteiger partial charge in [0, 0.05) is 0 Å². The molecule has 5 heteroatoms. The van der Waals surface area contributed by atoms with Crippen molar-refractivity contribution in [2.75, 3.05) is 19.5 Å². The van der Waals surface area contributed by atoms with E-state index in [9.17, 15) is 9.90 Å². The summed E-state index contributed by atoms with van der Waals surface area (Å²) in [6, 6.07) is 14.0. The number of carbonyl (C=O) groups is 1. The quantitative estimate of drug-likeness (QED) is 0.624. The van der Waals surface area contributed by atoms with Crippen LogP contribution in [0.25, 0.3) is 0 Å². The largest absolute Gasteiger partial charge is 0.506 e. The van der Waals surface area contributed by atoms with Gasteiger partial charge in [-0.05, 0) is 43.7 Å². The number of rotatable bonds is 6. The summed E-state index contributed by atoms with van der Waals surface area (Å²) in [4.78, 5) is 12.3. The molecule has 0 aromatic heterocycles. The zero-order chi connectivity index (χ0) is 17.7. The van der Waals surface area contributed by atoms with Crippen molar-refractivity contribution < 1.29 is 19.4 Å². The van der Waals surface area contributed by atoms with Crippen molar-refractivity contribution in [3.8, 4) is 11.5 Å². The maximum absolute atomic E-state index is 12.3. The Labute approximate surface area is 142 Å². The van der Waals surface area contributed by atoms with E-state index >= 15 is 0 Å². The van der Waals surface area contributed by atoms with Gasteiger partial charge in [0.05, 0.1) is 31.4 Å². The Morgan fingerprint density at radius 1 is 1.08 bits per heavy atom. The first-order valence-corrected chi connectivity index (χ1v) is 7.67. The molecule has 0 saturated carbocycles. The monoisotopic (exact) mass is 329 g/mol. The summed E-state index contributed by atoms with van der Waals surface area (Å²) in [6.07, 6.45) is 0. The number of ether oxygens (including phenoxy) is 2. The Kier molecular flexibility index (Phi) is 5.34. The van der Waals surface area contributed by atoms with Gasteiger partial charge in [-0.2, -0.15) is 0 Å². The van der Waals surface area contributed by atoms with Crippen LogP contribution in [0.15, 0.2) is 48.5 Å². The lowest BCUT2D eigenvalue weighted by molar-refractivity contribution is -0.151. The van der Waals surface area contributed by atoms with E-state index in [0.29, 0.717) is 5.69 Å². The molecule has 0 bridgehead atoms. The fourth-order valence-corrected chi connectivity index (χ4v) is 2.61. The molecule has 128 valence electrons. The van der Waals surface area contributed by atoms with Crippen LogP contribution < -0.4 is 10.1 Å². The van der Waals surface area contributed by atoms with E-state index in [1.165, 1.54) is 7.11 Å². The van der Waals surface area contributed by atoms with Gasteiger partial charge in [-0.25, -0.2) is 0 Å². The molecule has 5 nitrogen and oxygen atoms in total. The average molecular weight is 329 g/mol. The number of hydrogen-bond donors (Lipinski definition) is 2. The summed E-state index contributed by atoms with van der Waals surface area (Å²) in [5.41, 5.74) is 0.579. The smallest absolute Gasteiger partial charge is 0.313 e. The minimum atomic E-state index is -0.856. The van der Waals surface area contributed by atoms with Gasteiger partial charge in [0.1, 0.15) is 11.5 Å². The third-order valence-electron chi connectivity index (χ3n) is 4.09. The standard InChI is InChI=1S/C19H23NO4/c1-19(2,18(22)24-4)17(13-9-11-14(23-3)12-10-13)20-15-7-5-6-8-16(15)21/h5-12,17,20-21H,1-4H3. The van der Waals surface area contributed by atoms with Gasteiger partial charge in [-0.3, -0.25) is 4.79 Å². The SMILES string of the molecule is COC(=O)C(C)(C)C(Nc1ccccc1O)c1ccc(OC)cc1. The molecule has 2 aromatic carbocycles. The van der Waals surface area contributed by atoms with Crippen LogP contribution in [0.5, 0.6) is 11.5 Å². The number of esters is 1. The molecule has 1 atom stereocenters. The highest BCUT2D eigenvalue weighted by Gasteiger charge is 2.39. The lowest BCUT2D eigenvalue weighted by atomic mass is 9.80. The maximum atomic E-state index is 12.3. The van der Waals surface area contributed by atoms with Crippen molar-refractivity contribution in [3.63, 3.8) is 0 Å². The highest BCUT2D eigenvalue weighted by molar-refractivity contribution is 5.78. The molecule has 0 fully saturated rings. The molecule has 1 unspecified atom stereocenters. The zero-order valence-corrected chi connectivity index (χ0v) is 14.4. The fourth-order valence-electron chi connectivity index (χ4n) is 2.61. The van der Waals surface area contributed by atoms with Crippen LogP contribution >= 0.6 is 0 Å². The second-order valence-corrected chi connectivity index (χ2v) is 6.08. The maximum Gasteiger partial charge on any atom is 0.313 e. The molecule has 0 amide bonds. The Morgan fingerprint density at radius 2 is 1.71 bits per heavy atom. The molecule has 0 saturated heterocycles. The van der Waals surface area contributed by atoms with Crippen molar-refractivity contribution in [2.24, 2.45) is 5.41 Å². The van der Waals surface area contributed by atoms with E-state index < -0.39 is 11.5 Å². The number of nitrogens with one attached hydrogen (secondary N) is 1. The number of phenolic OH excluding ortho intramolecular Hbond substituents is 1. The summed E-state index contributed by atoms with van der Waals surface area (Å²) in [5, 5.41) is 13.3. The first kappa shape index (κ1) is 17.7. The van der Waals surface area contributed by atoms with Gasteiger partial charge in [0.25, 0.3) is 0 Å². The molecule has 0 aliphatic carbocycles. The number of benzene rings is 2. The van der Waals surface area contributed by atoms with E-state index in [1.807, 2.05) is 30.3 Å². The summed E-state index contributed by atoms with van der Waals surface area (Å²) in [7, 11) is 2.97. The molecule has 0 heterocycles. The van der Waals surface area contributed by atoms with Gasteiger partial charge in [0.15, 0.2) is 0 Å². The third kappa shape index (κ3) is 3.62. The van der Waals surface area contributed by atoms with Gasteiger partial charge in [-0.15, -0.1) is 0 Å². The first-order chi connectivity index (χ1) is 11.4. The van der Waals surface area contributed by atoms with Gasteiger partial charge in [-0.1, -0.05) is 24.3 Å². The number of methoxy groups -OCH3 is 2. The van der Waals surface area contributed by atoms with Crippen LogP contribution in [0.1, 0.15) is 25.5 Å². The van der Waals surface area contributed by atoms with Crippen molar-refractivity contribution in [3.05, 3.63) is 54.1 Å². The Balaban J connectivity index is 2.44. The van der Waals surface area contributed by atoms with Crippen LogP contribution in [0.2, 0.25) is 0 Å². The van der Waals surface area contributed by atoms with Gasteiger partial charge in [0.2, 0.25) is 0 Å². The van der Waals surface area contributed by atoms with Crippen molar-refractivity contribution in [1.82, 2.24) is 0 Å². The first-order valence-electron chi connectivity index (χ1n) is 7.67. The summed E-state index contributed by atoms with van der Waals surface area (Å²) < 4.78 is 10.2. The van der Waals surface area contributed by atoms with Crippen molar-refractivity contribution in [2.45, 2.75) is 19.9 Å². The topological polar surface area (TPSA) is 67.8 Å². The summed E-state index contributed by atoms with van der Waals surface area (Å²) >= 11 is 0. The number of phenols is 1. The minimum absolute atomic E-state index is 0.122. The number of carbonyl (C=O) groups excluding carboxylic acids is 1. The molecule has 0 aliphatic heterocycles. The number of aromatic hydroxyl groups is 1. The normalized spacial score (nSPS) is 12.3. The van der Waals surface area contributed by atoms with Crippen molar-refractivity contribution >= 4 is 11.7 Å². The third-order valence-corrected chi connectivity index (χ3v) is 4.09. The molecule has 2 N–H and O–H groups in total. The number of anilines is 1. The lowest BCUT2D eigenvalue weighted by Crippen LogP contribution is -2.36. The molecular formula is C19H23NO4. The molecule has 0 radical (unpaired) electrons. The van der Waals surface area contributed by atoms with E-state index in [1.54, 1.807) is 39.2 Å². The van der Waals surface area contributed by atoms with Crippen molar-refractivity contribution in [1.29, 1.82) is 0 Å². The summed E-state index contributed by atoms with van der Waals surface area (Å²) in [6.45, 7) is 3.61. The van der Waals surface area contributed by atoms with Gasteiger partial charge < -0.3 is 19.9 Å². The molecule has 24 heavy (non-hydrogen) atoms. The second-order valence-electron chi connectivity index (χ2n) is 6.08. The van der Waals surface area contributed by atoms with Crippen LogP contribution in [0.3, 0.4) is 0 Å². The molecule has 2 aromatic rings. The van der Waals surface area contributed by atoms with Crippen LogP contribution in [0, 0.1) is 5.41 Å². The van der Waals surface area contributed by atoms with E-state index in [-0.39, 0.29) is 11.7 Å². The van der Waals surface area contributed by atoms with Crippen LogP contribution in [0.4, 0.5) is 5.69 Å². The Hall–Kier alpha value is -2.69. The minimum Gasteiger partial charge on any atom is -0.506 e. The van der Waals surface area contributed by atoms with E-state index in [4.69, 9.17) is 9.47 Å². The molecular weight excluding hydrogens is 306 g/mol. The highest BCUT2D eigenvalue weighted by Crippen LogP contribution is 2.39. The van der Waals surface area contributed by atoms with E-state index in [0.717, 1.165) is 11.3 Å². The number of hydrogen-bond acceptors (Lipinski definition) is 5. The molecule has 0 aliphatic rings. The average Bonchev–Trinajstić information content (AvgIpc) is 2.60. The van der Waals surface area contributed by atoms with Crippen LogP contribution in [-0.4, -0.2) is 25.3 Å². The Bertz CT molecular complexity index is 695.